The van der Waals surface area contributed by atoms with Crippen LogP contribution in [0.25, 0.3) is 0 Å². The molecular formula is C9H10ClNO. The number of hydrogen-bond donors (Lipinski definition) is 2. The van der Waals surface area contributed by atoms with Crippen LogP contribution in [0.5, 0.6) is 5.75 Å². The van der Waals surface area contributed by atoms with Gasteiger partial charge < -0.3 is 10.4 Å². The minimum atomic E-state index is 0.225. The molecule has 12 heavy (non-hydrogen) atoms. The molecule has 2 rings (SSSR count). The third kappa shape index (κ3) is 1.28. The molecule has 0 bridgehead atoms. The molecule has 1 saturated heterocycles. The van der Waals surface area contributed by atoms with Crippen molar-refractivity contribution in [1.29, 1.82) is 0 Å². The SMILES string of the molecule is Oc1ccc(C2CCN2)c(Cl)c1. The minimum absolute atomic E-state index is 0.225. The molecule has 1 unspecified atom stereocenters. The molecular weight excluding hydrogens is 174 g/mol. The van der Waals surface area contributed by atoms with Gasteiger partial charge in [-0.1, -0.05) is 17.7 Å². The number of halogens is 1. The van der Waals surface area contributed by atoms with Gasteiger partial charge in [-0.05, 0) is 30.7 Å². The summed E-state index contributed by atoms with van der Waals surface area (Å²) in [5.74, 6) is 0.225. The van der Waals surface area contributed by atoms with E-state index < -0.39 is 0 Å². The highest BCUT2D eigenvalue weighted by atomic mass is 35.5. The van der Waals surface area contributed by atoms with Crippen LogP contribution in [0.15, 0.2) is 18.2 Å². The van der Waals surface area contributed by atoms with Gasteiger partial charge in [0.1, 0.15) is 5.75 Å². The normalized spacial score (nSPS) is 21.9. The van der Waals surface area contributed by atoms with Gasteiger partial charge in [-0.15, -0.1) is 0 Å². The Labute approximate surface area is 76.2 Å². The average molecular weight is 184 g/mol. The van der Waals surface area contributed by atoms with Crippen LogP contribution in [0.3, 0.4) is 0 Å². The van der Waals surface area contributed by atoms with Gasteiger partial charge in [-0.3, -0.25) is 0 Å². The number of hydrogen-bond acceptors (Lipinski definition) is 2. The Morgan fingerprint density at radius 1 is 1.50 bits per heavy atom. The third-order valence-corrected chi connectivity index (χ3v) is 2.51. The fourth-order valence-electron chi connectivity index (χ4n) is 1.35. The van der Waals surface area contributed by atoms with Crippen molar-refractivity contribution in [2.75, 3.05) is 6.54 Å². The summed E-state index contributed by atoms with van der Waals surface area (Å²) in [4.78, 5) is 0. The summed E-state index contributed by atoms with van der Waals surface area (Å²) < 4.78 is 0. The highest BCUT2D eigenvalue weighted by Crippen LogP contribution is 2.31. The van der Waals surface area contributed by atoms with Crippen molar-refractivity contribution >= 4 is 11.6 Å². The van der Waals surface area contributed by atoms with E-state index in [1.807, 2.05) is 6.07 Å². The molecule has 0 aliphatic carbocycles. The average Bonchev–Trinajstić information content (AvgIpc) is 1.91. The van der Waals surface area contributed by atoms with Crippen molar-refractivity contribution in [3.8, 4) is 5.75 Å². The van der Waals surface area contributed by atoms with E-state index in [2.05, 4.69) is 5.32 Å². The maximum Gasteiger partial charge on any atom is 0.117 e. The largest absolute Gasteiger partial charge is 0.508 e. The first-order valence-corrected chi connectivity index (χ1v) is 4.37. The molecule has 2 N–H and O–H groups in total. The monoisotopic (exact) mass is 183 g/mol. The number of nitrogens with one attached hydrogen (secondary N) is 1. The lowest BCUT2D eigenvalue weighted by molar-refractivity contribution is 0.383. The van der Waals surface area contributed by atoms with Crippen LogP contribution in [-0.4, -0.2) is 11.7 Å². The number of benzene rings is 1. The molecule has 1 atom stereocenters. The Bertz CT molecular complexity index is 297. The molecule has 1 heterocycles. The molecule has 1 aliphatic heterocycles. The third-order valence-electron chi connectivity index (χ3n) is 2.18. The zero-order valence-corrected chi connectivity index (χ0v) is 7.30. The molecule has 2 nitrogen and oxygen atoms in total. The second kappa shape index (κ2) is 2.96. The van der Waals surface area contributed by atoms with Crippen molar-refractivity contribution in [3.63, 3.8) is 0 Å². The van der Waals surface area contributed by atoms with Crippen molar-refractivity contribution in [2.24, 2.45) is 0 Å². The molecule has 1 aromatic rings. The van der Waals surface area contributed by atoms with Crippen LogP contribution < -0.4 is 5.32 Å². The molecule has 1 fully saturated rings. The maximum absolute atomic E-state index is 9.11. The number of phenolic OH excluding ortho intramolecular Hbond substituents is 1. The Balaban J connectivity index is 2.31. The number of aromatic hydroxyl groups is 1. The molecule has 3 heteroatoms. The standard InChI is InChI=1S/C9H10ClNO/c10-8-5-6(12)1-2-7(8)9-3-4-11-9/h1-2,5,9,11-12H,3-4H2. The highest BCUT2D eigenvalue weighted by Gasteiger charge is 2.20. The van der Waals surface area contributed by atoms with Gasteiger partial charge in [-0.2, -0.15) is 0 Å². The van der Waals surface area contributed by atoms with Gasteiger partial charge in [0.2, 0.25) is 0 Å². The van der Waals surface area contributed by atoms with E-state index >= 15 is 0 Å². The number of phenols is 1. The van der Waals surface area contributed by atoms with E-state index in [9.17, 15) is 0 Å². The first-order valence-electron chi connectivity index (χ1n) is 3.99. The van der Waals surface area contributed by atoms with E-state index in [0.29, 0.717) is 11.1 Å². The van der Waals surface area contributed by atoms with Gasteiger partial charge in [-0.25, -0.2) is 0 Å². The molecule has 1 aliphatic rings. The van der Waals surface area contributed by atoms with Crippen molar-refractivity contribution < 1.29 is 5.11 Å². The Morgan fingerprint density at radius 2 is 2.25 bits per heavy atom. The molecule has 64 valence electrons. The lowest BCUT2D eigenvalue weighted by atomic mass is 9.98. The fraction of sp³-hybridized carbons (Fsp3) is 0.333. The van der Waals surface area contributed by atoms with E-state index in [4.69, 9.17) is 16.7 Å². The molecule has 0 radical (unpaired) electrons. The zero-order chi connectivity index (χ0) is 8.55. The van der Waals surface area contributed by atoms with Crippen LogP contribution in [0.2, 0.25) is 5.02 Å². The molecule has 0 saturated carbocycles. The van der Waals surface area contributed by atoms with E-state index in [-0.39, 0.29) is 5.75 Å². The quantitative estimate of drug-likeness (QED) is 0.699. The van der Waals surface area contributed by atoms with E-state index in [1.54, 1.807) is 12.1 Å². The predicted molar refractivity (Wildman–Crippen MR) is 48.5 cm³/mol. The first-order chi connectivity index (χ1) is 5.77. The summed E-state index contributed by atoms with van der Waals surface area (Å²) in [5, 5.41) is 13.0. The summed E-state index contributed by atoms with van der Waals surface area (Å²) in [6.45, 7) is 1.06. The minimum Gasteiger partial charge on any atom is -0.508 e. The summed E-state index contributed by atoms with van der Waals surface area (Å²) in [6.07, 6.45) is 1.13. The molecule has 1 aromatic carbocycles. The summed E-state index contributed by atoms with van der Waals surface area (Å²) >= 11 is 5.94. The predicted octanol–water partition coefficient (Wildman–Crippen LogP) is 2.08. The smallest absolute Gasteiger partial charge is 0.117 e. The van der Waals surface area contributed by atoms with Crippen molar-refractivity contribution in [2.45, 2.75) is 12.5 Å². The van der Waals surface area contributed by atoms with E-state index in [0.717, 1.165) is 18.5 Å². The van der Waals surface area contributed by atoms with Gasteiger partial charge >= 0.3 is 0 Å². The van der Waals surface area contributed by atoms with Gasteiger partial charge in [0, 0.05) is 11.1 Å². The topological polar surface area (TPSA) is 32.3 Å². The fourth-order valence-corrected chi connectivity index (χ4v) is 1.66. The molecule has 0 spiro atoms. The second-order valence-electron chi connectivity index (χ2n) is 3.00. The number of rotatable bonds is 1. The molecule has 0 aromatic heterocycles. The van der Waals surface area contributed by atoms with Crippen molar-refractivity contribution in [1.82, 2.24) is 5.32 Å². The van der Waals surface area contributed by atoms with Crippen LogP contribution in [0.1, 0.15) is 18.0 Å². The zero-order valence-electron chi connectivity index (χ0n) is 6.55. The maximum atomic E-state index is 9.11. The van der Waals surface area contributed by atoms with Gasteiger partial charge in [0.05, 0.1) is 0 Å². The lowest BCUT2D eigenvalue weighted by Crippen LogP contribution is -2.35. The Kier molecular flexibility index (Phi) is 1.95. The van der Waals surface area contributed by atoms with Crippen molar-refractivity contribution in [3.05, 3.63) is 28.8 Å². The summed E-state index contributed by atoms with van der Waals surface area (Å²) in [7, 11) is 0. The van der Waals surface area contributed by atoms with Crippen LogP contribution in [0.4, 0.5) is 0 Å². The van der Waals surface area contributed by atoms with Crippen LogP contribution in [0, 0.1) is 0 Å². The second-order valence-corrected chi connectivity index (χ2v) is 3.41. The first kappa shape index (κ1) is 7.90. The van der Waals surface area contributed by atoms with Gasteiger partial charge in [0.25, 0.3) is 0 Å². The highest BCUT2D eigenvalue weighted by molar-refractivity contribution is 6.31. The Hall–Kier alpha value is -0.730. The van der Waals surface area contributed by atoms with Crippen LogP contribution in [-0.2, 0) is 0 Å². The van der Waals surface area contributed by atoms with E-state index in [1.165, 1.54) is 0 Å². The molecule has 0 amide bonds. The van der Waals surface area contributed by atoms with Crippen LogP contribution >= 0.6 is 11.6 Å². The lowest BCUT2D eigenvalue weighted by Gasteiger charge is -2.28. The summed E-state index contributed by atoms with van der Waals surface area (Å²) in [6, 6.07) is 5.50. The Morgan fingerprint density at radius 3 is 2.75 bits per heavy atom. The van der Waals surface area contributed by atoms with Gasteiger partial charge in [0.15, 0.2) is 0 Å². The summed E-state index contributed by atoms with van der Waals surface area (Å²) in [5.41, 5.74) is 1.08.